The molecule has 3 nitrogen and oxygen atoms in total. The van der Waals surface area contributed by atoms with E-state index < -0.39 is 0 Å². The lowest BCUT2D eigenvalue weighted by Crippen LogP contribution is -2.17. The number of rotatable bonds is 2. The minimum Gasteiger partial charge on any atom is -0.497 e. The van der Waals surface area contributed by atoms with E-state index in [2.05, 4.69) is 66.5 Å². The molecule has 0 bridgehead atoms. The van der Waals surface area contributed by atoms with Gasteiger partial charge in [-0.2, -0.15) is 0 Å². The molecule has 3 rings (SSSR count). The van der Waals surface area contributed by atoms with Crippen molar-refractivity contribution < 1.29 is 4.74 Å². The van der Waals surface area contributed by atoms with Crippen LogP contribution in [0.5, 0.6) is 5.75 Å². The van der Waals surface area contributed by atoms with Gasteiger partial charge in [-0.3, -0.25) is 4.79 Å². The van der Waals surface area contributed by atoms with Crippen LogP contribution in [0.3, 0.4) is 0 Å². The van der Waals surface area contributed by atoms with E-state index in [4.69, 9.17) is 4.74 Å². The van der Waals surface area contributed by atoms with Crippen LogP contribution in [-0.2, 0) is 5.41 Å². The van der Waals surface area contributed by atoms with Crippen LogP contribution >= 0.6 is 22.6 Å². The molecule has 0 aliphatic carbocycles. The zero-order valence-corrected chi connectivity index (χ0v) is 16.4. The molecule has 0 aliphatic heterocycles. The first-order chi connectivity index (χ1) is 11.3. The van der Waals surface area contributed by atoms with Gasteiger partial charge in [0.15, 0.2) is 0 Å². The van der Waals surface area contributed by atoms with Gasteiger partial charge in [0.25, 0.3) is 5.56 Å². The number of benzene rings is 2. The molecule has 0 aliphatic rings. The Bertz CT molecular complexity index is 950. The maximum Gasteiger partial charge on any atom is 0.262 e. The third-order valence-corrected chi connectivity index (χ3v) is 5.21. The van der Waals surface area contributed by atoms with E-state index >= 15 is 0 Å². The smallest absolute Gasteiger partial charge is 0.262 e. The van der Waals surface area contributed by atoms with Crippen LogP contribution in [0.25, 0.3) is 22.0 Å². The lowest BCUT2D eigenvalue weighted by molar-refractivity contribution is 0.415. The van der Waals surface area contributed by atoms with E-state index in [0.29, 0.717) is 3.57 Å². The van der Waals surface area contributed by atoms with Gasteiger partial charge in [-0.25, -0.2) is 0 Å². The number of pyridine rings is 1. The first-order valence-electron chi connectivity index (χ1n) is 7.82. The maximum atomic E-state index is 12.5. The second-order valence-electron chi connectivity index (χ2n) is 6.85. The molecule has 0 amide bonds. The average molecular weight is 433 g/mol. The van der Waals surface area contributed by atoms with Gasteiger partial charge in [-0.1, -0.05) is 51.1 Å². The summed E-state index contributed by atoms with van der Waals surface area (Å²) in [5.74, 6) is 0.804. The van der Waals surface area contributed by atoms with Gasteiger partial charge >= 0.3 is 0 Å². The van der Waals surface area contributed by atoms with Crippen molar-refractivity contribution in [3.8, 4) is 16.9 Å². The average Bonchev–Trinajstić information content (AvgIpc) is 2.55. The highest BCUT2D eigenvalue weighted by Crippen LogP contribution is 2.35. The molecule has 0 saturated heterocycles. The van der Waals surface area contributed by atoms with Crippen molar-refractivity contribution in [3.63, 3.8) is 0 Å². The fraction of sp³-hybridized carbons (Fsp3) is 0.250. The van der Waals surface area contributed by atoms with Crippen LogP contribution < -0.4 is 10.3 Å². The number of aromatic amines is 1. The molecule has 0 radical (unpaired) electrons. The number of H-pyrrole nitrogens is 1. The van der Waals surface area contributed by atoms with Crippen molar-refractivity contribution in [1.29, 1.82) is 0 Å². The van der Waals surface area contributed by atoms with Gasteiger partial charge in [0.1, 0.15) is 5.75 Å². The summed E-state index contributed by atoms with van der Waals surface area (Å²) in [6.45, 7) is 6.47. The Hall–Kier alpha value is -1.82. The molecule has 1 heterocycles. The van der Waals surface area contributed by atoms with Crippen molar-refractivity contribution in [2.24, 2.45) is 0 Å². The zero-order chi connectivity index (χ0) is 17.5. The highest BCUT2D eigenvalue weighted by Gasteiger charge is 2.20. The third-order valence-electron chi connectivity index (χ3n) is 4.18. The number of para-hydroxylation sites is 1. The van der Waals surface area contributed by atoms with E-state index in [1.54, 1.807) is 7.11 Å². The van der Waals surface area contributed by atoms with Crippen molar-refractivity contribution in [1.82, 2.24) is 4.98 Å². The van der Waals surface area contributed by atoms with E-state index in [1.165, 1.54) is 0 Å². The minimum atomic E-state index is -0.0504. The van der Waals surface area contributed by atoms with Crippen LogP contribution in [0.2, 0.25) is 0 Å². The Morgan fingerprint density at radius 2 is 1.71 bits per heavy atom. The van der Waals surface area contributed by atoms with Gasteiger partial charge in [0.2, 0.25) is 0 Å². The quantitative estimate of drug-likeness (QED) is 0.571. The maximum absolute atomic E-state index is 12.5. The molecule has 3 aromatic rings. The minimum absolute atomic E-state index is 0.0492. The normalized spacial score (nSPS) is 11.7. The Morgan fingerprint density at radius 1 is 1.04 bits per heavy atom. The number of ether oxygens (including phenoxy) is 1. The van der Waals surface area contributed by atoms with Crippen molar-refractivity contribution >= 4 is 33.5 Å². The van der Waals surface area contributed by atoms with E-state index in [9.17, 15) is 4.79 Å². The molecule has 0 atom stereocenters. The Balaban J connectivity index is 2.38. The summed E-state index contributed by atoms with van der Waals surface area (Å²) in [5, 5.41) is 1.07. The van der Waals surface area contributed by atoms with E-state index in [-0.39, 0.29) is 11.0 Å². The predicted molar refractivity (Wildman–Crippen MR) is 108 cm³/mol. The second-order valence-corrected chi connectivity index (χ2v) is 7.93. The molecule has 124 valence electrons. The summed E-state index contributed by atoms with van der Waals surface area (Å²) < 4.78 is 5.95. The number of methoxy groups -OCH3 is 1. The molecule has 24 heavy (non-hydrogen) atoms. The van der Waals surface area contributed by atoms with Crippen molar-refractivity contribution in [2.75, 3.05) is 7.11 Å². The number of aromatic nitrogens is 1. The molecular weight excluding hydrogens is 413 g/mol. The molecule has 0 unspecified atom stereocenters. The monoisotopic (exact) mass is 433 g/mol. The summed E-state index contributed by atoms with van der Waals surface area (Å²) in [4.78, 5) is 15.6. The highest BCUT2D eigenvalue weighted by atomic mass is 127. The van der Waals surface area contributed by atoms with Crippen LogP contribution in [0.1, 0.15) is 26.3 Å². The van der Waals surface area contributed by atoms with Gasteiger partial charge in [0, 0.05) is 10.9 Å². The predicted octanol–water partition coefficient (Wildman–Crippen LogP) is 5.11. The fourth-order valence-corrected chi connectivity index (χ4v) is 3.70. The highest BCUT2D eigenvalue weighted by molar-refractivity contribution is 14.1. The van der Waals surface area contributed by atoms with Gasteiger partial charge in [-0.05, 0) is 51.3 Å². The molecule has 1 aromatic heterocycles. The lowest BCUT2D eigenvalue weighted by Gasteiger charge is -2.22. The largest absolute Gasteiger partial charge is 0.497 e. The number of halogens is 1. The van der Waals surface area contributed by atoms with Crippen molar-refractivity contribution in [3.05, 3.63) is 62.0 Å². The third kappa shape index (κ3) is 2.95. The standard InChI is InChI=1S/C20H20INO2/c1-20(2,3)15-7-5-6-14-16(17(21)19(23)22-18(14)15)12-8-10-13(24-4)11-9-12/h5-11H,1-4H3,(H,22,23). The summed E-state index contributed by atoms with van der Waals surface area (Å²) in [6.07, 6.45) is 0. The van der Waals surface area contributed by atoms with Crippen LogP contribution in [0.4, 0.5) is 0 Å². The number of fused-ring (bicyclic) bond motifs is 1. The van der Waals surface area contributed by atoms with Gasteiger partial charge < -0.3 is 9.72 Å². The fourth-order valence-electron chi connectivity index (χ4n) is 2.96. The first-order valence-corrected chi connectivity index (χ1v) is 8.90. The molecule has 1 N–H and O–H groups in total. The Kier molecular flexibility index (Phi) is 4.42. The van der Waals surface area contributed by atoms with E-state index in [0.717, 1.165) is 33.3 Å². The number of hydrogen-bond donors (Lipinski definition) is 1. The zero-order valence-electron chi connectivity index (χ0n) is 14.2. The molecule has 0 saturated carbocycles. The van der Waals surface area contributed by atoms with Crippen LogP contribution in [0, 0.1) is 3.57 Å². The first kappa shape index (κ1) is 17.0. The Labute approximate surface area is 155 Å². The van der Waals surface area contributed by atoms with Gasteiger partial charge in [0.05, 0.1) is 16.2 Å². The van der Waals surface area contributed by atoms with E-state index in [1.807, 2.05) is 24.3 Å². The summed E-state index contributed by atoms with van der Waals surface area (Å²) in [7, 11) is 1.65. The molecule has 4 heteroatoms. The SMILES string of the molecule is COc1ccc(-c2c(I)c(=O)[nH]c3c(C(C)(C)C)cccc23)cc1. The number of nitrogens with one attached hydrogen (secondary N) is 1. The number of hydrogen-bond acceptors (Lipinski definition) is 2. The summed E-state index contributed by atoms with van der Waals surface area (Å²) in [5.41, 5.74) is 3.95. The lowest BCUT2D eigenvalue weighted by atomic mass is 9.84. The second kappa shape index (κ2) is 6.24. The van der Waals surface area contributed by atoms with Gasteiger partial charge in [-0.15, -0.1) is 0 Å². The summed E-state index contributed by atoms with van der Waals surface area (Å²) >= 11 is 2.13. The molecule has 0 fully saturated rings. The molecule has 2 aromatic carbocycles. The van der Waals surface area contributed by atoms with Crippen molar-refractivity contribution in [2.45, 2.75) is 26.2 Å². The Morgan fingerprint density at radius 3 is 2.29 bits per heavy atom. The summed E-state index contributed by atoms with van der Waals surface area (Å²) in [6, 6.07) is 14.1. The molecular formula is C20H20INO2. The molecule has 0 spiro atoms. The van der Waals surface area contributed by atoms with Crippen LogP contribution in [-0.4, -0.2) is 12.1 Å². The topological polar surface area (TPSA) is 42.1 Å². The van der Waals surface area contributed by atoms with Crippen LogP contribution in [0.15, 0.2) is 47.3 Å².